The number of carbonyl (C=O) groups excluding carboxylic acids is 1. The van der Waals surface area contributed by atoms with E-state index < -0.39 is 10.0 Å². The number of sulfonamides is 1. The Morgan fingerprint density at radius 1 is 1.14 bits per heavy atom. The first-order valence-electron chi connectivity index (χ1n) is 8.91. The summed E-state index contributed by atoms with van der Waals surface area (Å²) in [5.41, 5.74) is 2.14. The van der Waals surface area contributed by atoms with Crippen molar-refractivity contribution in [2.45, 2.75) is 32.6 Å². The number of amides is 1. The first-order chi connectivity index (χ1) is 13.1. The fourth-order valence-electron chi connectivity index (χ4n) is 2.85. The van der Waals surface area contributed by atoms with Gasteiger partial charge >= 0.3 is 0 Å². The number of anilines is 2. The third-order valence-electron chi connectivity index (χ3n) is 4.20. The molecule has 0 fully saturated rings. The molecule has 0 spiro atoms. The molecule has 1 amide bonds. The Labute approximate surface area is 176 Å². The largest absolute Gasteiger partial charge is 0.326 e. The summed E-state index contributed by atoms with van der Waals surface area (Å²) < 4.78 is 25.6. The molecule has 0 aromatic heterocycles. The number of nitrogens with zero attached hydrogens (tertiary/aromatic N) is 1. The van der Waals surface area contributed by atoms with Gasteiger partial charge in [-0.3, -0.25) is 9.10 Å². The van der Waals surface area contributed by atoms with Gasteiger partial charge < -0.3 is 5.32 Å². The molecule has 0 saturated carbocycles. The average Bonchev–Trinajstić information content (AvgIpc) is 2.60. The highest BCUT2D eigenvalue weighted by Gasteiger charge is 2.20. The first-order valence-corrected chi connectivity index (χ1v) is 11.5. The molecule has 28 heavy (non-hydrogen) atoms. The normalized spacial score (nSPS) is 11.5. The summed E-state index contributed by atoms with van der Waals surface area (Å²) in [6.07, 6.45) is 1.62. The van der Waals surface area contributed by atoms with Gasteiger partial charge in [0.25, 0.3) is 0 Å². The number of halogens is 2. The Morgan fingerprint density at radius 2 is 1.82 bits per heavy atom. The van der Waals surface area contributed by atoms with Crippen LogP contribution in [0.25, 0.3) is 0 Å². The molecule has 0 heterocycles. The van der Waals surface area contributed by atoms with E-state index in [2.05, 4.69) is 19.2 Å². The zero-order chi connectivity index (χ0) is 20.9. The molecule has 0 unspecified atom stereocenters. The number of carbonyl (C=O) groups is 1. The summed E-state index contributed by atoms with van der Waals surface area (Å²) in [4.78, 5) is 12.3. The van der Waals surface area contributed by atoms with Crippen LogP contribution in [-0.4, -0.2) is 27.1 Å². The molecule has 0 atom stereocenters. The van der Waals surface area contributed by atoms with Crippen LogP contribution in [0, 0.1) is 0 Å². The molecule has 0 bridgehead atoms. The van der Waals surface area contributed by atoms with Crippen molar-refractivity contribution in [3.8, 4) is 0 Å². The highest BCUT2D eigenvalue weighted by atomic mass is 35.5. The lowest BCUT2D eigenvalue weighted by atomic mass is 10.0. The first kappa shape index (κ1) is 22.5. The van der Waals surface area contributed by atoms with Crippen molar-refractivity contribution in [2.24, 2.45) is 0 Å². The van der Waals surface area contributed by atoms with Crippen LogP contribution in [-0.2, 0) is 14.8 Å². The molecular weight excluding hydrogens is 419 g/mol. The van der Waals surface area contributed by atoms with Gasteiger partial charge in [-0.05, 0) is 42.2 Å². The van der Waals surface area contributed by atoms with Crippen molar-refractivity contribution in [1.29, 1.82) is 0 Å². The Kier molecular flexibility index (Phi) is 7.75. The molecule has 152 valence electrons. The van der Waals surface area contributed by atoms with Crippen molar-refractivity contribution in [3.05, 3.63) is 58.1 Å². The van der Waals surface area contributed by atoms with Crippen molar-refractivity contribution in [1.82, 2.24) is 0 Å². The quantitative estimate of drug-likeness (QED) is 0.602. The van der Waals surface area contributed by atoms with Crippen LogP contribution in [0.4, 0.5) is 11.4 Å². The number of rotatable bonds is 8. The van der Waals surface area contributed by atoms with Crippen LogP contribution >= 0.6 is 23.2 Å². The molecule has 0 aliphatic heterocycles. The second-order valence-electron chi connectivity index (χ2n) is 6.82. The third kappa shape index (κ3) is 6.12. The Morgan fingerprint density at radius 3 is 2.46 bits per heavy atom. The lowest BCUT2D eigenvalue weighted by Gasteiger charge is -2.23. The molecule has 2 aromatic carbocycles. The molecule has 0 radical (unpaired) electrons. The van der Waals surface area contributed by atoms with Gasteiger partial charge in [0.1, 0.15) is 0 Å². The highest BCUT2D eigenvalue weighted by molar-refractivity contribution is 7.92. The van der Waals surface area contributed by atoms with Crippen LogP contribution in [0.3, 0.4) is 0 Å². The predicted octanol–water partition coefficient (Wildman–Crippen LogP) is 5.30. The van der Waals surface area contributed by atoms with Crippen LogP contribution in [0.5, 0.6) is 0 Å². The molecular formula is C20H24Cl2N2O3S. The monoisotopic (exact) mass is 442 g/mol. The van der Waals surface area contributed by atoms with Crippen LogP contribution in [0.1, 0.15) is 38.2 Å². The minimum Gasteiger partial charge on any atom is -0.326 e. The van der Waals surface area contributed by atoms with E-state index >= 15 is 0 Å². The molecule has 5 nitrogen and oxygen atoms in total. The maximum absolute atomic E-state index is 12.3. The van der Waals surface area contributed by atoms with Crippen LogP contribution < -0.4 is 9.62 Å². The SMILES string of the molecule is CC(C)c1ccccc1NC(=O)CCCN(c1cc(Cl)ccc1Cl)S(C)(=O)=O. The number of hydrogen-bond acceptors (Lipinski definition) is 3. The van der Waals surface area contributed by atoms with E-state index in [4.69, 9.17) is 23.2 Å². The molecule has 0 aliphatic carbocycles. The van der Waals surface area contributed by atoms with E-state index in [0.29, 0.717) is 17.1 Å². The summed E-state index contributed by atoms with van der Waals surface area (Å²) in [6, 6.07) is 12.3. The van der Waals surface area contributed by atoms with Gasteiger partial charge in [-0.1, -0.05) is 55.2 Å². The van der Waals surface area contributed by atoms with E-state index in [0.717, 1.165) is 17.5 Å². The van der Waals surface area contributed by atoms with E-state index in [9.17, 15) is 13.2 Å². The van der Waals surface area contributed by atoms with Gasteiger partial charge in [0.05, 0.1) is 17.0 Å². The molecule has 2 rings (SSSR count). The minimum atomic E-state index is -3.57. The second kappa shape index (κ2) is 9.63. The van der Waals surface area contributed by atoms with Gasteiger partial charge in [-0.25, -0.2) is 8.42 Å². The molecule has 8 heteroatoms. The molecule has 0 aliphatic rings. The van der Waals surface area contributed by atoms with Gasteiger partial charge in [0, 0.05) is 23.7 Å². The smallest absolute Gasteiger partial charge is 0.232 e. The van der Waals surface area contributed by atoms with Crippen molar-refractivity contribution in [3.63, 3.8) is 0 Å². The summed E-state index contributed by atoms with van der Waals surface area (Å²) in [7, 11) is -3.57. The zero-order valence-electron chi connectivity index (χ0n) is 16.1. The highest BCUT2D eigenvalue weighted by Crippen LogP contribution is 2.31. The minimum absolute atomic E-state index is 0.123. The molecule has 0 saturated heterocycles. The standard InChI is InChI=1S/C20H24Cl2N2O3S/c1-14(2)16-7-4-5-8-18(16)23-20(25)9-6-12-24(28(3,26)27)19-13-15(21)10-11-17(19)22/h4-5,7-8,10-11,13-14H,6,9,12H2,1-3H3,(H,23,25). The van der Waals surface area contributed by atoms with Gasteiger partial charge in [0.15, 0.2) is 0 Å². The van der Waals surface area contributed by atoms with Crippen molar-refractivity contribution < 1.29 is 13.2 Å². The van der Waals surface area contributed by atoms with Crippen LogP contribution in [0.2, 0.25) is 10.0 Å². The number of para-hydroxylation sites is 1. The Balaban J connectivity index is 2.05. The summed E-state index contributed by atoms with van der Waals surface area (Å²) in [6.45, 7) is 4.24. The van der Waals surface area contributed by atoms with Gasteiger partial charge in [-0.2, -0.15) is 0 Å². The third-order valence-corrected chi connectivity index (χ3v) is 5.93. The molecule has 2 aromatic rings. The van der Waals surface area contributed by atoms with Gasteiger partial charge in [0.2, 0.25) is 15.9 Å². The van der Waals surface area contributed by atoms with E-state index in [1.54, 1.807) is 12.1 Å². The predicted molar refractivity (Wildman–Crippen MR) is 117 cm³/mol. The summed E-state index contributed by atoms with van der Waals surface area (Å²) in [5, 5.41) is 3.58. The average molecular weight is 443 g/mol. The van der Waals surface area contributed by atoms with E-state index in [1.807, 2.05) is 24.3 Å². The Bertz CT molecular complexity index is 946. The summed E-state index contributed by atoms with van der Waals surface area (Å²) >= 11 is 12.1. The lowest BCUT2D eigenvalue weighted by Crippen LogP contribution is -2.31. The Hall–Kier alpha value is -1.76. The fraction of sp³-hybridized carbons (Fsp3) is 0.350. The number of hydrogen-bond donors (Lipinski definition) is 1. The summed E-state index contributed by atoms with van der Waals surface area (Å²) in [5.74, 6) is 0.112. The number of benzene rings is 2. The maximum Gasteiger partial charge on any atom is 0.232 e. The topological polar surface area (TPSA) is 66.5 Å². The van der Waals surface area contributed by atoms with Crippen molar-refractivity contribution in [2.75, 3.05) is 22.4 Å². The van der Waals surface area contributed by atoms with E-state index in [1.165, 1.54) is 10.4 Å². The van der Waals surface area contributed by atoms with Gasteiger partial charge in [-0.15, -0.1) is 0 Å². The lowest BCUT2D eigenvalue weighted by molar-refractivity contribution is -0.116. The van der Waals surface area contributed by atoms with Crippen molar-refractivity contribution >= 4 is 50.5 Å². The molecule has 1 N–H and O–H groups in total. The van der Waals surface area contributed by atoms with E-state index in [-0.39, 0.29) is 29.8 Å². The second-order valence-corrected chi connectivity index (χ2v) is 9.57. The fourth-order valence-corrected chi connectivity index (χ4v) is 4.26. The van der Waals surface area contributed by atoms with Crippen LogP contribution in [0.15, 0.2) is 42.5 Å². The maximum atomic E-state index is 12.3. The number of nitrogens with one attached hydrogen (secondary N) is 1. The zero-order valence-corrected chi connectivity index (χ0v) is 18.4.